The lowest BCUT2D eigenvalue weighted by Crippen LogP contribution is -2.31. The molecule has 0 heterocycles. The maximum absolute atomic E-state index is 10.1. The zero-order chi connectivity index (χ0) is 7.49. The molecule has 1 radical (unpaired) electrons. The zero-order valence-electron chi connectivity index (χ0n) is 6.06. The second-order valence-corrected chi connectivity index (χ2v) is 3.02. The van der Waals surface area contributed by atoms with E-state index in [1.165, 1.54) is 0 Å². The molecule has 0 aromatic rings. The van der Waals surface area contributed by atoms with Crippen molar-refractivity contribution in [1.82, 2.24) is 5.32 Å². The lowest BCUT2D eigenvalue weighted by molar-refractivity contribution is 0.248. The van der Waals surface area contributed by atoms with Crippen molar-refractivity contribution in [2.24, 2.45) is 11.1 Å². The number of primary amides is 1. The van der Waals surface area contributed by atoms with E-state index in [1.807, 2.05) is 20.8 Å². The van der Waals surface area contributed by atoms with Crippen LogP contribution in [0.5, 0.6) is 0 Å². The molecule has 0 atom stereocenters. The van der Waals surface area contributed by atoms with E-state index in [-0.39, 0.29) is 5.41 Å². The summed E-state index contributed by atoms with van der Waals surface area (Å²) in [5, 5.41) is 2.40. The monoisotopic (exact) mass is 129 g/mol. The molecule has 0 aliphatic carbocycles. The van der Waals surface area contributed by atoms with Gasteiger partial charge in [0.05, 0.1) is 6.54 Å². The Hall–Kier alpha value is -0.730. The standard InChI is InChI=1S/C6H13N2O/c1-6(2,3)4-8-5(7)9/h4H,1-3H3,(H3,7,8,9). The lowest BCUT2D eigenvalue weighted by atomic mass is 9.97. The van der Waals surface area contributed by atoms with Crippen LogP contribution in [0.4, 0.5) is 4.79 Å². The first-order valence-corrected chi connectivity index (χ1v) is 2.82. The average molecular weight is 129 g/mol. The number of nitrogens with two attached hydrogens (primary N) is 1. The second kappa shape index (κ2) is 2.71. The van der Waals surface area contributed by atoms with Crippen LogP contribution in [0.2, 0.25) is 0 Å². The van der Waals surface area contributed by atoms with Crippen LogP contribution in [0, 0.1) is 12.0 Å². The first kappa shape index (κ1) is 8.27. The normalized spacial score (nSPS) is 11.0. The summed E-state index contributed by atoms with van der Waals surface area (Å²) in [6, 6.07) is -0.509. The largest absolute Gasteiger partial charge is 0.352 e. The summed E-state index contributed by atoms with van der Waals surface area (Å²) in [4.78, 5) is 10.1. The summed E-state index contributed by atoms with van der Waals surface area (Å²) in [5.41, 5.74) is 4.81. The number of hydrogen-bond donors (Lipinski definition) is 2. The summed E-state index contributed by atoms with van der Waals surface area (Å²) in [7, 11) is 0. The molecule has 0 saturated heterocycles. The van der Waals surface area contributed by atoms with Crippen molar-refractivity contribution in [3.63, 3.8) is 0 Å². The molecular weight excluding hydrogens is 116 g/mol. The van der Waals surface area contributed by atoms with Crippen LogP contribution in [0.25, 0.3) is 0 Å². The molecule has 0 aliphatic rings. The molecule has 0 unspecified atom stereocenters. The summed E-state index contributed by atoms with van der Waals surface area (Å²) in [5.74, 6) is 0. The zero-order valence-corrected chi connectivity index (χ0v) is 6.06. The van der Waals surface area contributed by atoms with Crippen LogP contribution in [-0.2, 0) is 0 Å². The topological polar surface area (TPSA) is 55.1 Å². The van der Waals surface area contributed by atoms with Crippen LogP contribution in [-0.4, -0.2) is 6.03 Å². The smallest absolute Gasteiger partial charge is 0.312 e. The molecule has 3 heteroatoms. The van der Waals surface area contributed by atoms with Crippen LogP contribution in [0.3, 0.4) is 0 Å². The number of urea groups is 1. The number of amides is 2. The van der Waals surface area contributed by atoms with E-state index in [4.69, 9.17) is 5.73 Å². The first-order valence-electron chi connectivity index (χ1n) is 2.82. The third-order valence-electron chi connectivity index (χ3n) is 0.647. The highest BCUT2D eigenvalue weighted by Crippen LogP contribution is 2.13. The summed E-state index contributed by atoms with van der Waals surface area (Å²) >= 11 is 0. The minimum absolute atomic E-state index is 0.00493. The van der Waals surface area contributed by atoms with Crippen molar-refractivity contribution in [3.05, 3.63) is 6.54 Å². The molecular formula is C6H13N2O. The molecule has 0 spiro atoms. The molecule has 53 valence electrons. The van der Waals surface area contributed by atoms with Crippen molar-refractivity contribution >= 4 is 6.03 Å². The Balaban J connectivity index is 3.39. The van der Waals surface area contributed by atoms with Gasteiger partial charge in [0.15, 0.2) is 0 Å². The minimum Gasteiger partial charge on any atom is -0.352 e. The van der Waals surface area contributed by atoms with Gasteiger partial charge in [-0.05, 0) is 5.41 Å². The van der Waals surface area contributed by atoms with Crippen molar-refractivity contribution in [2.45, 2.75) is 20.8 Å². The fourth-order valence-electron chi connectivity index (χ4n) is 0.288. The molecule has 0 fully saturated rings. The number of hydrogen-bond acceptors (Lipinski definition) is 1. The van der Waals surface area contributed by atoms with Crippen molar-refractivity contribution in [3.8, 4) is 0 Å². The van der Waals surface area contributed by atoms with Gasteiger partial charge in [0, 0.05) is 0 Å². The number of carbonyl (C=O) groups excluding carboxylic acids is 1. The van der Waals surface area contributed by atoms with E-state index < -0.39 is 6.03 Å². The van der Waals surface area contributed by atoms with E-state index in [0.717, 1.165) is 0 Å². The first-order chi connectivity index (χ1) is 3.92. The summed E-state index contributed by atoms with van der Waals surface area (Å²) in [6.45, 7) is 7.59. The highest BCUT2D eigenvalue weighted by atomic mass is 16.2. The predicted molar refractivity (Wildman–Crippen MR) is 36.5 cm³/mol. The van der Waals surface area contributed by atoms with Gasteiger partial charge in [0.1, 0.15) is 0 Å². The van der Waals surface area contributed by atoms with Gasteiger partial charge in [0.25, 0.3) is 0 Å². The van der Waals surface area contributed by atoms with Crippen molar-refractivity contribution in [2.75, 3.05) is 0 Å². The molecule has 0 rings (SSSR count). The highest BCUT2D eigenvalue weighted by molar-refractivity contribution is 5.72. The Morgan fingerprint density at radius 2 is 2.00 bits per heavy atom. The molecule has 9 heavy (non-hydrogen) atoms. The summed E-state index contributed by atoms with van der Waals surface area (Å²) in [6.07, 6.45) is 0. The Bertz CT molecular complexity index is 104. The molecule has 2 amide bonds. The molecule has 3 N–H and O–H groups in total. The Kier molecular flexibility index (Phi) is 2.49. The minimum atomic E-state index is -0.509. The Labute approximate surface area is 55.6 Å². The predicted octanol–water partition coefficient (Wildman–Crippen LogP) is 0.863. The van der Waals surface area contributed by atoms with E-state index in [2.05, 4.69) is 5.32 Å². The maximum Gasteiger partial charge on any atom is 0.312 e. The number of nitrogens with one attached hydrogen (secondary N) is 1. The van der Waals surface area contributed by atoms with E-state index in [0.29, 0.717) is 0 Å². The quantitative estimate of drug-likeness (QED) is 0.542. The molecule has 0 aromatic heterocycles. The fourth-order valence-corrected chi connectivity index (χ4v) is 0.288. The highest BCUT2D eigenvalue weighted by Gasteiger charge is 2.10. The van der Waals surface area contributed by atoms with Gasteiger partial charge in [-0.1, -0.05) is 20.8 Å². The third kappa shape index (κ3) is 7.27. The molecule has 0 aromatic carbocycles. The van der Waals surface area contributed by atoms with E-state index in [1.54, 1.807) is 6.54 Å². The molecule has 0 aliphatic heterocycles. The van der Waals surface area contributed by atoms with Crippen LogP contribution >= 0.6 is 0 Å². The summed E-state index contributed by atoms with van der Waals surface area (Å²) < 4.78 is 0. The number of carbonyl (C=O) groups is 1. The second-order valence-electron chi connectivity index (χ2n) is 3.02. The third-order valence-corrected chi connectivity index (χ3v) is 0.647. The van der Waals surface area contributed by atoms with Crippen LogP contribution in [0.1, 0.15) is 20.8 Å². The van der Waals surface area contributed by atoms with E-state index in [9.17, 15) is 4.79 Å². The molecule has 0 bridgehead atoms. The van der Waals surface area contributed by atoms with E-state index >= 15 is 0 Å². The maximum atomic E-state index is 10.1. The molecule has 3 nitrogen and oxygen atoms in total. The van der Waals surface area contributed by atoms with Gasteiger partial charge >= 0.3 is 6.03 Å². The molecule has 0 saturated carbocycles. The van der Waals surface area contributed by atoms with Crippen molar-refractivity contribution in [1.29, 1.82) is 0 Å². The Morgan fingerprint density at radius 3 is 2.11 bits per heavy atom. The van der Waals surface area contributed by atoms with Gasteiger partial charge < -0.3 is 11.1 Å². The average Bonchev–Trinajstić information content (AvgIpc) is 1.59. The van der Waals surface area contributed by atoms with Crippen LogP contribution in [0.15, 0.2) is 0 Å². The van der Waals surface area contributed by atoms with Gasteiger partial charge in [-0.25, -0.2) is 4.79 Å². The lowest BCUT2D eigenvalue weighted by Gasteiger charge is -2.16. The van der Waals surface area contributed by atoms with Gasteiger partial charge in [-0.3, -0.25) is 0 Å². The van der Waals surface area contributed by atoms with Crippen LogP contribution < -0.4 is 11.1 Å². The SMILES string of the molecule is CC(C)(C)[CH]NC(N)=O. The number of rotatable bonds is 1. The Morgan fingerprint density at radius 1 is 1.56 bits per heavy atom. The fraction of sp³-hybridized carbons (Fsp3) is 0.667. The van der Waals surface area contributed by atoms with Gasteiger partial charge in [-0.2, -0.15) is 0 Å². The van der Waals surface area contributed by atoms with Gasteiger partial charge in [-0.15, -0.1) is 0 Å². The van der Waals surface area contributed by atoms with Crippen molar-refractivity contribution < 1.29 is 4.79 Å². The van der Waals surface area contributed by atoms with Gasteiger partial charge in [0.2, 0.25) is 0 Å².